The highest BCUT2D eigenvalue weighted by Gasteiger charge is 2.09. The Morgan fingerprint density at radius 1 is 1.17 bits per heavy atom. The van der Waals surface area contributed by atoms with Crippen LogP contribution in [-0.4, -0.2) is 7.11 Å². The SMILES string of the molecule is COc1c(C)c(C)cc(C)c1Cl. The molecule has 1 rings (SSSR count). The number of methoxy groups -OCH3 is 1. The summed E-state index contributed by atoms with van der Waals surface area (Å²) in [5.74, 6) is 0.800. The van der Waals surface area contributed by atoms with Gasteiger partial charge in [-0.05, 0) is 37.5 Å². The van der Waals surface area contributed by atoms with Gasteiger partial charge in [0, 0.05) is 0 Å². The molecule has 0 radical (unpaired) electrons. The van der Waals surface area contributed by atoms with E-state index in [0.717, 1.165) is 21.9 Å². The average molecular weight is 185 g/mol. The van der Waals surface area contributed by atoms with Crippen molar-refractivity contribution in [1.82, 2.24) is 0 Å². The first kappa shape index (κ1) is 9.40. The normalized spacial score (nSPS) is 10.1. The molecule has 0 aliphatic carbocycles. The van der Waals surface area contributed by atoms with Crippen molar-refractivity contribution in [1.29, 1.82) is 0 Å². The summed E-state index contributed by atoms with van der Waals surface area (Å²) in [4.78, 5) is 0. The lowest BCUT2D eigenvalue weighted by Crippen LogP contribution is -1.93. The van der Waals surface area contributed by atoms with Gasteiger partial charge >= 0.3 is 0 Å². The summed E-state index contributed by atoms with van der Waals surface area (Å²) in [6, 6.07) is 2.07. The van der Waals surface area contributed by atoms with E-state index in [0.29, 0.717) is 0 Å². The van der Waals surface area contributed by atoms with Gasteiger partial charge in [-0.2, -0.15) is 0 Å². The van der Waals surface area contributed by atoms with E-state index in [-0.39, 0.29) is 0 Å². The van der Waals surface area contributed by atoms with Gasteiger partial charge in [-0.1, -0.05) is 17.7 Å². The Hall–Kier alpha value is -0.690. The van der Waals surface area contributed by atoms with Crippen molar-refractivity contribution in [3.8, 4) is 5.75 Å². The maximum atomic E-state index is 6.05. The highest BCUT2D eigenvalue weighted by molar-refractivity contribution is 6.33. The van der Waals surface area contributed by atoms with Gasteiger partial charge in [0.1, 0.15) is 5.75 Å². The lowest BCUT2D eigenvalue weighted by Gasteiger charge is -2.11. The summed E-state index contributed by atoms with van der Waals surface area (Å²) in [5.41, 5.74) is 3.40. The minimum absolute atomic E-state index is 0.723. The van der Waals surface area contributed by atoms with Crippen LogP contribution < -0.4 is 4.74 Å². The second-order valence-electron chi connectivity index (χ2n) is 2.98. The molecule has 0 bridgehead atoms. The molecule has 1 aromatic carbocycles. The van der Waals surface area contributed by atoms with Crippen molar-refractivity contribution in [2.75, 3.05) is 7.11 Å². The van der Waals surface area contributed by atoms with Crippen molar-refractivity contribution in [3.05, 3.63) is 27.8 Å². The molecular formula is C10H13ClO. The van der Waals surface area contributed by atoms with E-state index in [1.54, 1.807) is 7.11 Å². The Morgan fingerprint density at radius 3 is 2.25 bits per heavy atom. The molecule has 0 unspecified atom stereocenters. The van der Waals surface area contributed by atoms with Crippen LogP contribution in [0.15, 0.2) is 6.07 Å². The Bertz CT molecular complexity index is 279. The minimum atomic E-state index is 0.723. The Labute approximate surface area is 78.3 Å². The summed E-state index contributed by atoms with van der Waals surface area (Å²) < 4.78 is 5.21. The van der Waals surface area contributed by atoms with Crippen LogP contribution in [-0.2, 0) is 0 Å². The zero-order valence-corrected chi connectivity index (χ0v) is 8.62. The minimum Gasteiger partial charge on any atom is -0.495 e. The molecule has 66 valence electrons. The van der Waals surface area contributed by atoms with E-state index in [1.165, 1.54) is 5.56 Å². The number of hydrogen-bond acceptors (Lipinski definition) is 1. The molecular weight excluding hydrogens is 172 g/mol. The molecule has 2 heteroatoms. The van der Waals surface area contributed by atoms with E-state index < -0.39 is 0 Å². The fourth-order valence-corrected chi connectivity index (χ4v) is 1.54. The standard InChI is InChI=1S/C10H13ClO/c1-6-5-7(2)9(11)10(12-4)8(6)3/h5H,1-4H3. The first-order valence-electron chi connectivity index (χ1n) is 3.88. The highest BCUT2D eigenvalue weighted by Crippen LogP contribution is 2.33. The molecule has 1 nitrogen and oxygen atoms in total. The third kappa shape index (κ3) is 1.42. The van der Waals surface area contributed by atoms with E-state index >= 15 is 0 Å². The van der Waals surface area contributed by atoms with Gasteiger partial charge in [0.05, 0.1) is 12.1 Å². The first-order valence-corrected chi connectivity index (χ1v) is 4.26. The second kappa shape index (κ2) is 3.36. The fourth-order valence-electron chi connectivity index (χ4n) is 1.26. The van der Waals surface area contributed by atoms with E-state index in [2.05, 4.69) is 13.0 Å². The molecule has 0 saturated carbocycles. The lowest BCUT2D eigenvalue weighted by molar-refractivity contribution is 0.411. The monoisotopic (exact) mass is 184 g/mol. The molecule has 0 N–H and O–H groups in total. The first-order chi connectivity index (χ1) is 5.57. The summed E-state index contributed by atoms with van der Waals surface area (Å²) in [7, 11) is 1.65. The molecule has 1 aromatic rings. The van der Waals surface area contributed by atoms with Gasteiger partial charge in [-0.3, -0.25) is 0 Å². The number of ether oxygens (including phenoxy) is 1. The zero-order valence-electron chi connectivity index (χ0n) is 7.86. The molecule has 0 aromatic heterocycles. The van der Waals surface area contributed by atoms with Crippen LogP contribution >= 0.6 is 11.6 Å². The molecule has 0 atom stereocenters. The molecule has 0 saturated heterocycles. The van der Waals surface area contributed by atoms with Crippen molar-refractivity contribution in [2.45, 2.75) is 20.8 Å². The summed E-state index contributed by atoms with van der Waals surface area (Å²) >= 11 is 6.05. The lowest BCUT2D eigenvalue weighted by atomic mass is 10.1. The maximum absolute atomic E-state index is 6.05. The van der Waals surface area contributed by atoms with Crippen LogP contribution in [0.25, 0.3) is 0 Å². The molecule has 0 heterocycles. The number of hydrogen-bond donors (Lipinski definition) is 0. The molecule has 0 fully saturated rings. The second-order valence-corrected chi connectivity index (χ2v) is 3.36. The third-order valence-electron chi connectivity index (χ3n) is 2.11. The van der Waals surface area contributed by atoms with Crippen molar-refractivity contribution >= 4 is 11.6 Å². The number of halogens is 1. The van der Waals surface area contributed by atoms with Crippen molar-refractivity contribution in [2.24, 2.45) is 0 Å². The van der Waals surface area contributed by atoms with E-state index in [4.69, 9.17) is 16.3 Å². The van der Waals surface area contributed by atoms with Crippen LogP contribution in [0, 0.1) is 20.8 Å². The predicted molar refractivity (Wildman–Crippen MR) is 52.2 cm³/mol. The van der Waals surface area contributed by atoms with Gasteiger partial charge in [0.25, 0.3) is 0 Å². The van der Waals surface area contributed by atoms with Crippen LogP contribution in [0.2, 0.25) is 5.02 Å². The quantitative estimate of drug-likeness (QED) is 0.651. The summed E-state index contributed by atoms with van der Waals surface area (Å²) in [6.45, 7) is 6.05. The Morgan fingerprint density at radius 2 is 1.75 bits per heavy atom. The van der Waals surface area contributed by atoms with Gasteiger partial charge < -0.3 is 4.74 Å². The fraction of sp³-hybridized carbons (Fsp3) is 0.400. The third-order valence-corrected chi connectivity index (χ3v) is 2.58. The van der Waals surface area contributed by atoms with Gasteiger partial charge in [0.15, 0.2) is 0 Å². The molecule has 12 heavy (non-hydrogen) atoms. The summed E-state index contributed by atoms with van der Waals surface area (Å²) in [5, 5.41) is 0.723. The predicted octanol–water partition coefficient (Wildman–Crippen LogP) is 3.27. The number of rotatable bonds is 1. The number of aryl methyl sites for hydroxylation is 2. The molecule has 0 spiro atoms. The molecule has 0 aliphatic heterocycles. The van der Waals surface area contributed by atoms with Crippen molar-refractivity contribution < 1.29 is 4.74 Å². The molecule has 0 aliphatic rings. The van der Waals surface area contributed by atoms with Crippen LogP contribution in [0.5, 0.6) is 5.75 Å². The summed E-state index contributed by atoms with van der Waals surface area (Å²) in [6.07, 6.45) is 0. The van der Waals surface area contributed by atoms with E-state index in [9.17, 15) is 0 Å². The largest absolute Gasteiger partial charge is 0.495 e. The Balaban J connectivity index is 3.42. The maximum Gasteiger partial charge on any atom is 0.140 e. The molecule has 0 amide bonds. The topological polar surface area (TPSA) is 9.23 Å². The smallest absolute Gasteiger partial charge is 0.140 e. The zero-order chi connectivity index (χ0) is 9.30. The van der Waals surface area contributed by atoms with Gasteiger partial charge in [-0.25, -0.2) is 0 Å². The van der Waals surface area contributed by atoms with Crippen LogP contribution in [0.3, 0.4) is 0 Å². The highest BCUT2D eigenvalue weighted by atomic mass is 35.5. The Kier molecular flexibility index (Phi) is 2.63. The van der Waals surface area contributed by atoms with E-state index in [1.807, 2.05) is 13.8 Å². The van der Waals surface area contributed by atoms with Crippen LogP contribution in [0.4, 0.5) is 0 Å². The van der Waals surface area contributed by atoms with Crippen molar-refractivity contribution in [3.63, 3.8) is 0 Å². The van der Waals surface area contributed by atoms with Gasteiger partial charge in [-0.15, -0.1) is 0 Å². The number of benzene rings is 1. The van der Waals surface area contributed by atoms with Crippen LogP contribution in [0.1, 0.15) is 16.7 Å². The average Bonchev–Trinajstić information content (AvgIpc) is 2.02. The van der Waals surface area contributed by atoms with Gasteiger partial charge in [0.2, 0.25) is 0 Å².